The van der Waals surface area contributed by atoms with Crippen LogP contribution in [0, 0.1) is 0 Å². The van der Waals surface area contributed by atoms with Crippen molar-refractivity contribution in [1.29, 1.82) is 0 Å². The van der Waals surface area contributed by atoms with E-state index in [0.717, 1.165) is 0 Å². The van der Waals surface area contributed by atoms with Crippen LogP contribution in [0.4, 0.5) is 11.9 Å². The third kappa shape index (κ3) is 3.85. The number of aliphatic hydroxyl groups is 1. The molecule has 1 heterocycles. The second-order valence-corrected chi connectivity index (χ2v) is 3.69. The molecule has 2 N–H and O–H groups in total. The van der Waals surface area contributed by atoms with E-state index in [1.807, 2.05) is 14.1 Å². The number of halogens is 1. The third-order valence-electron chi connectivity index (χ3n) is 1.55. The molecule has 0 aliphatic carbocycles. The molecular weight excluding hydrogens is 218 g/mol. The zero-order valence-electron chi connectivity index (χ0n) is 8.90. The van der Waals surface area contributed by atoms with Gasteiger partial charge >= 0.3 is 0 Å². The molecule has 84 valence electrons. The molecule has 1 aromatic rings. The highest BCUT2D eigenvalue weighted by molar-refractivity contribution is 6.28. The first-order valence-electron chi connectivity index (χ1n) is 4.50. The van der Waals surface area contributed by atoms with Crippen LogP contribution in [-0.4, -0.2) is 46.8 Å². The number of aromatic nitrogens is 3. The minimum absolute atomic E-state index is 0.127. The van der Waals surface area contributed by atoms with Gasteiger partial charge in [-0.2, -0.15) is 15.0 Å². The molecule has 15 heavy (non-hydrogen) atoms. The van der Waals surface area contributed by atoms with Gasteiger partial charge in [-0.25, -0.2) is 0 Å². The van der Waals surface area contributed by atoms with Crippen LogP contribution in [0.1, 0.15) is 6.92 Å². The number of nitrogens with one attached hydrogen (secondary N) is 1. The first-order chi connectivity index (χ1) is 6.99. The van der Waals surface area contributed by atoms with Crippen LogP contribution in [0.3, 0.4) is 0 Å². The summed E-state index contributed by atoms with van der Waals surface area (Å²) in [4.78, 5) is 13.6. The van der Waals surface area contributed by atoms with Crippen molar-refractivity contribution in [2.24, 2.45) is 0 Å². The summed E-state index contributed by atoms with van der Waals surface area (Å²) < 4.78 is 0. The van der Waals surface area contributed by atoms with Crippen molar-refractivity contribution in [1.82, 2.24) is 15.0 Å². The van der Waals surface area contributed by atoms with Crippen LogP contribution in [0.2, 0.25) is 5.28 Å². The van der Waals surface area contributed by atoms with E-state index in [2.05, 4.69) is 20.3 Å². The Morgan fingerprint density at radius 1 is 1.40 bits per heavy atom. The van der Waals surface area contributed by atoms with Crippen molar-refractivity contribution in [3.63, 3.8) is 0 Å². The van der Waals surface area contributed by atoms with E-state index in [9.17, 15) is 0 Å². The van der Waals surface area contributed by atoms with Gasteiger partial charge in [0.05, 0.1) is 6.10 Å². The minimum atomic E-state index is -0.469. The summed E-state index contributed by atoms with van der Waals surface area (Å²) in [6.45, 7) is 2.04. The average molecular weight is 232 g/mol. The lowest BCUT2D eigenvalue weighted by atomic mass is 10.4. The molecule has 0 bridgehead atoms. The SMILES string of the molecule is CC(O)CNc1nc(Cl)nc(N(C)C)n1. The first-order valence-corrected chi connectivity index (χ1v) is 4.87. The zero-order valence-corrected chi connectivity index (χ0v) is 9.65. The number of anilines is 2. The fourth-order valence-corrected chi connectivity index (χ4v) is 1.01. The Morgan fingerprint density at radius 2 is 2.07 bits per heavy atom. The van der Waals surface area contributed by atoms with Crippen LogP contribution in [-0.2, 0) is 0 Å². The number of aliphatic hydroxyl groups excluding tert-OH is 1. The Kier molecular flexibility index (Phi) is 4.05. The highest BCUT2D eigenvalue weighted by Gasteiger charge is 2.06. The van der Waals surface area contributed by atoms with E-state index in [1.54, 1.807) is 11.8 Å². The van der Waals surface area contributed by atoms with Gasteiger partial charge in [0.1, 0.15) is 0 Å². The second kappa shape index (κ2) is 5.09. The average Bonchev–Trinajstić information content (AvgIpc) is 2.13. The lowest BCUT2D eigenvalue weighted by Crippen LogP contribution is -2.19. The molecule has 0 fully saturated rings. The monoisotopic (exact) mass is 231 g/mol. The van der Waals surface area contributed by atoms with E-state index in [0.29, 0.717) is 18.4 Å². The van der Waals surface area contributed by atoms with Gasteiger partial charge < -0.3 is 15.3 Å². The topological polar surface area (TPSA) is 74.2 Å². The van der Waals surface area contributed by atoms with Crippen molar-refractivity contribution >= 4 is 23.5 Å². The van der Waals surface area contributed by atoms with Gasteiger partial charge in [0, 0.05) is 20.6 Å². The number of hydrogen-bond acceptors (Lipinski definition) is 6. The standard InChI is InChI=1S/C8H14ClN5O/c1-5(15)4-10-7-11-6(9)12-8(13-7)14(2)3/h5,15H,4H2,1-3H3,(H,10,11,12,13). The zero-order chi connectivity index (χ0) is 11.4. The van der Waals surface area contributed by atoms with Crippen molar-refractivity contribution in [2.75, 3.05) is 30.9 Å². The van der Waals surface area contributed by atoms with Crippen molar-refractivity contribution in [3.8, 4) is 0 Å². The Bertz CT molecular complexity index is 331. The number of rotatable bonds is 4. The summed E-state index contributed by atoms with van der Waals surface area (Å²) in [5.41, 5.74) is 0. The molecule has 1 aromatic heterocycles. The van der Waals surface area contributed by atoms with Crippen LogP contribution in [0.5, 0.6) is 0 Å². The first kappa shape index (κ1) is 11.9. The molecule has 6 nitrogen and oxygen atoms in total. The maximum absolute atomic E-state index is 9.08. The molecule has 7 heteroatoms. The fraction of sp³-hybridized carbons (Fsp3) is 0.625. The largest absolute Gasteiger partial charge is 0.392 e. The number of nitrogens with zero attached hydrogens (tertiary/aromatic N) is 4. The van der Waals surface area contributed by atoms with Gasteiger partial charge in [-0.05, 0) is 18.5 Å². The highest BCUT2D eigenvalue weighted by Crippen LogP contribution is 2.11. The lowest BCUT2D eigenvalue weighted by molar-refractivity contribution is 0.208. The molecule has 0 aliphatic rings. The van der Waals surface area contributed by atoms with Gasteiger partial charge in [-0.1, -0.05) is 0 Å². The Morgan fingerprint density at radius 3 is 2.60 bits per heavy atom. The van der Waals surface area contributed by atoms with Crippen molar-refractivity contribution in [2.45, 2.75) is 13.0 Å². The molecule has 0 saturated carbocycles. The fourth-order valence-electron chi connectivity index (χ4n) is 0.858. The quantitative estimate of drug-likeness (QED) is 0.781. The summed E-state index contributed by atoms with van der Waals surface area (Å²) in [6.07, 6.45) is -0.469. The summed E-state index contributed by atoms with van der Waals surface area (Å²) in [7, 11) is 3.62. The summed E-state index contributed by atoms with van der Waals surface area (Å²) in [5, 5.41) is 12.1. The molecule has 0 amide bonds. The Balaban J connectivity index is 2.79. The molecular formula is C8H14ClN5O. The van der Waals surface area contributed by atoms with Crippen molar-refractivity contribution in [3.05, 3.63) is 5.28 Å². The van der Waals surface area contributed by atoms with Crippen LogP contribution >= 0.6 is 11.6 Å². The normalized spacial score (nSPS) is 12.3. The predicted octanol–water partition coefficient (Wildman–Crippen LogP) is 0.384. The molecule has 0 spiro atoms. The van der Waals surface area contributed by atoms with E-state index < -0.39 is 6.10 Å². The molecule has 0 saturated heterocycles. The van der Waals surface area contributed by atoms with Crippen LogP contribution in [0.25, 0.3) is 0 Å². The third-order valence-corrected chi connectivity index (χ3v) is 1.72. The minimum Gasteiger partial charge on any atom is -0.392 e. The Labute approximate surface area is 93.3 Å². The maximum Gasteiger partial charge on any atom is 0.230 e. The maximum atomic E-state index is 9.08. The highest BCUT2D eigenvalue weighted by atomic mass is 35.5. The molecule has 1 atom stereocenters. The molecule has 0 aromatic carbocycles. The molecule has 0 radical (unpaired) electrons. The summed E-state index contributed by atoms with van der Waals surface area (Å²) >= 11 is 5.72. The van der Waals surface area contributed by atoms with Gasteiger partial charge in [-0.15, -0.1) is 0 Å². The van der Waals surface area contributed by atoms with E-state index in [1.165, 1.54) is 0 Å². The number of hydrogen-bond donors (Lipinski definition) is 2. The predicted molar refractivity (Wildman–Crippen MR) is 59.3 cm³/mol. The smallest absolute Gasteiger partial charge is 0.230 e. The molecule has 0 aliphatic heterocycles. The summed E-state index contributed by atoms with van der Waals surface area (Å²) in [6, 6.07) is 0. The van der Waals surface area contributed by atoms with Crippen molar-refractivity contribution < 1.29 is 5.11 Å². The van der Waals surface area contributed by atoms with E-state index >= 15 is 0 Å². The van der Waals surface area contributed by atoms with Gasteiger partial charge in [-0.3, -0.25) is 0 Å². The van der Waals surface area contributed by atoms with Gasteiger partial charge in [0.25, 0.3) is 0 Å². The second-order valence-electron chi connectivity index (χ2n) is 3.35. The van der Waals surface area contributed by atoms with E-state index in [-0.39, 0.29) is 5.28 Å². The Hall–Kier alpha value is -1.14. The van der Waals surface area contributed by atoms with Gasteiger partial charge in [0.15, 0.2) is 0 Å². The lowest BCUT2D eigenvalue weighted by Gasteiger charge is -2.12. The molecule has 1 unspecified atom stereocenters. The van der Waals surface area contributed by atoms with Gasteiger partial charge in [0.2, 0.25) is 17.2 Å². The molecule has 1 rings (SSSR count). The summed E-state index contributed by atoms with van der Waals surface area (Å²) in [5.74, 6) is 0.836. The van der Waals surface area contributed by atoms with E-state index in [4.69, 9.17) is 16.7 Å². The van der Waals surface area contributed by atoms with Crippen LogP contribution in [0.15, 0.2) is 0 Å². The van der Waals surface area contributed by atoms with Crippen LogP contribution < -0.4 is 10.2 Å².